The molecule has 1 N–H and O–H groups in total. The quantitative estimate of drug-likeness (QED) is 0.814. The van der Waals surface area contributed by atoms with Crippen LogP contribution in [-0.4, -0.2) is 22.7 Å². The smallest absolute Gasteiger partial charge is 0.186 e. The van der Waals surface area contributed by atoms with E-state index in [9.17, 15) is 5.11 Å². The van der Waals surface area contributed by atoms with Crippen LogP contribution in [0.5, 0.6) is 0 Å². The highest BCUT2D eigenvalue weighted by molar-refractivity contribution is 7.15. The Morgan fingerprint density at radius 1 is 1.35 bits per heavy atom. The maximum atomic E-state index is 9.36. The van der Waals surface area contributed by atoms with Gasteiger partial charge >= 0.3 is 0 Å². The molecule has 0 bridgehead atoms. The van der Waals surface area contributed by atoms with Gasteiger partial charge in [0, 0.05) is 12.6 Å². The number of thiazole rings is 1. The van der Waals surface area contributed by atoms with Crippen molar-refractivity contribution in [3.63, 3.8) is 0 Å². The Balaban J connectivity index is 2.96. The molecule has 1 rings (SSSR count). The fourth-order valence-electron chi connectivity index (χ4n) is 1.90. The topological polar surface area (TPSA) is 36.4 Å². The molecule has 0 amide bonds. The summed E-state index contributed by atoms with van der Waals surface area (Å²) >= 11 is 1.64. The summed E-state index contributed by atoms with van der Waals surface area (Å²) in [6.07, 6.45) is 3.15. The molecule has 17 heavy (non-hydrogen) atoms. The second-order valence-electron chi connectivity index (χ2n) is 4.32. The largest absolute Gasteiger partial charge is 0.391 e. The summed E-state index contributed by atoms with van der Waals surface area (Å²) in [5.41, 5.74) is 1.08. The molecule has 0 aliphatic carbocycles. The average molecular weight is 256 g/mol. The summed E-state index contributed by atoms with van der Waals surface area (Å²) in [5, 5.41) is 10.4. The van der Waals surface area contributed by atoms with E-state index in [0.29, 0.717) is 6.04 Å². The van der Waals surface area contributed by atoms with E-state index in [-0.39, 0.29) is 6.61 Å². The number of aliphatic hydroxyl groups excluding tert-OH is 1. The van der Waals surface area contributed by atoms with Gasteiger partial charge in [-0.15, -0.1) is 0 Å². The molecule has 1 atom stereocenters. The van der Waals surface area contributed by atoms with Crippen molar-refractivity contribution in [1.29, 1.82) is 0 Å². The summed E-state index contributed by atoms with van der Waals surface area (Å²) in [6.45, 7) is 9.81. The van der Waals surface area contributed by atoms with Crippen LogP contribution in [0.4, 0.5) is 5.13 Å². The molecule has 1 unspecified atom stereocenters. The molecule has 1 aromatic rings. The predicted molar refractivity (Wildman–Crippen MR) is 74.8 cm³/mol. The van der Waals surface area contributed by atoms with Crippen LogP contribution < -0.4 is 4.90 Å². The fourth-order valence-corrected chi connectivity index (χ4v) is 3.04. The highest BCUT2D eigenvalue weighted by Gasteiger charge is 2.17. The summed E-state index contributed by atoms with van der Waals surface area (Å²) in [7, 11) is 0. The first kappa shape index (κ1) is 14.5. The van der Waals surface area contributed by atoms with Gasteiger partial charge in [0.05, 0.1) is 17.2 Å². The van der Waals surface area contributed by atoms with Gasteiger partial charge in [-0.25, -0.2) is 4.98 Å². The number of anilines is 1. The first-order chi connectivity index (χ1) is 8.17. The van der Waals surface area contributed by atoms with Crippen LogP contribution in [0.3, 0.4) is 0 Å². The average Bonchev–Trinajstić information content (AvgIpc) is 2.73. The lowest BCUT2D eigenvalue weighted by molar-refractivity contribution is 0.284. The Hall–Kier alpha value is -0.610. The van der Waals surface area contributed by atoms with Crippen molar-refractivity contribution < 1.29 is 5.11 Å². The van der Waals surface area contributed by atoms with Crippen molar-refractivity contribution in [3.05, 3.63) is 10.6 Å². The van der Waals surface area contributed by atoms with Gasteiger partial charge < -0.3 is 10.0 Å². The Morgan fingerprint density at radius 2 is 2.06 bits per heavy atom. The van der Waals surface area contributed by atoms with Crippen molar-refractivity contribution in [1.82, 2.24) is 4.98 Å². The maximum absolute atomic E-state index is 9.36. The number of hydrogen-bond donors (Lipinski definition) is 1. The number of aliphatic hydroxyl groups is 1. The van der Waals surface area contributed by atoms with Gasteiger partial charge in [0.2, 0.25) is 0 Å². The molecule has 0 fully saturated rings. The van der Waals surface area contributed by atoms with Crippen LogP contribution in [0.2, 0.25) is 0 Å². The Labute approximate surface area is 108 Å². The molecule has 1 aromatic heterocycles. The SMILES string of the molecule is CCCc1nc(N(CC)C(C)CC)sc1CO. The van der Waals surface area contributed by atoms with Crippen LogP contribution in [0.15, 0.2) is 0 Å². The first-order valence-corrected chi connectivity index (χ1v) is 7.35. The van der Waals surface area contributed by atoms with Crippen molar-refractivity contribution in [2.45, 2.75) is 59.6 Å². The number of aromatic nitrogens is 1. The van der Waals surface area contributed by atoms with Crippen LogP contribution in [0.25, 0.3) is 0 Å². The second-order valence-corrected chi connectivity index (χ2v) is 5.38. The molecule has 0 saturated heterocycles. The minimum atomic E-state index is 0.116. The van der Waals surface area contributed by atoms with E-state index in [1.807, 2.05) is 0 Å². The van der Waals surface area contributed by atoms with Gasteiger partial charge in [0.1, 0.15) is 0 Å². The van der Waals surface area contributed by atoms with Crippen LogP contribution in [0, 0.1) is 0 Å². The van der Waals surface area contributed by atoms with Gasteiger partial charge in [0.15, 0.2) is 5.13 Å². The lowest BCUT2D eigenvalue weighted by Gasteiger charge is -2.26. The predicted octanol–water partition coefficient (Wildman–Crippen LogP) is 3.21. The zero-order valence-electron chi connectivity index (χ0n) is 11.4. The third-order valence-electron chi connectivity index (χ3n) is 3.11. The summed E-state index contributed by atoms with van der Waals surface area (Å²) in [5.74, 6) is 0. The molecule has 98 valence electrons. The van der Waals surface area contributed by atoms with E-state index >= 15 is 0 Å². The Morgan fingerprint density at radius 3 is 2.53 bits per heavy atom. The van der Waals surface area contributed by atoms with E-state index < -0.39 is 0 Å². The lowest BCUT2D eigenvalue weighted by atomic mass is 10.2. The summed E-state index contributed by atoms with van der Waals surface area (Å²) in [6, 6.07) is 0.507. The number of hydrogen-bond acceptors (Lipinski definition) is 4. The molecule has 3 nitrogen and oxygen atoms in total. The van der Waals surface area contributed by atoms with E-state index in [1.54, 1.807) is 11.3 Å². The zero-order chi connectivity index (χ0) is 12.8. The summed E-state index contributed by atoms with van der Waals surface area (Å²) < 4.78 is 0. The van der Waals surface area contributed by atoms with Crippen LogP contribution >= 0.6 is 11.3 Å². The van der Waals surface area contributed by atoms with E-state index in [4.69, 9.17) is 4.98 Å². The maximum Gasteiger partial charge on any atom is 0.186 e. The fraction of sp³-hybridized carbons (Fsp3) is 0.769. The molecule has 4 heteroatoms. The molecular weight excluding hydrogens is 232 g/mol. The second kappa shape index (κ2) is 6.97. The zero-order valence-corrected chi connectivity index (χ0v) is 12.2. The van der Waals surface area contributed by atoms with Crippen molar-refractivity contribution >= 4 is 16.5 Å². The minimum absolute atomic E-state index is 0.116. The molecule has 0 aliphatic heterocycles. The lowest BCUT2D eigenvalue weighted by Crippen LogP contribution is -2.32. The van der Waals surface area contributed by atoms with E-state index in [2.05, 4.69) is 32.6 Å². The minimum Gasteiger partial charge on any atom is -0.391 e. The first-order valence-electron chi connectivity index (χ1n) is 6.53. The number of aryl methyl sites for hydroxylation is 1. The molecule has 0 saturated carbocycles. The van der Waals surface area contributed by atoms with Gasteiger partial charge in [-0.05, 0) is 26.7 Å². The highest BCUT2D eigenvalue weighted by atomic mass is 32.1. The van der Waals surface area contributed by atoms with Crippen LogP contribution in [0.1, 0.15) is 51.1 Å². The van der Waals surface area contributed by atoms with E-state index in [1.165, 1.54) is 0 Å². The molecule has 0 spiro atoms. The molecule has 1 heterocycles. The van der Waals surface area contributed by atoms with Gasteiger partial charge in [0.25, 0.3) is 0 Å². The number of nitrogens with zero attached hydrogens (tertiary/aromatic N) is 2. The molecular formula is C13H24N2OS. The monoisotopic (exact) mass is 256 g/mol. The van der Waals surface area contributed by atoms with Crippen LogP contribution in [-0.2, 0) is 13.0 Å². The van der Waals surface area contributed by atoms with Crippen molar-refractivity contribution in [3.8, 4) is 0 Å². The van der Waals surface area contributed by atoms with Crippen molar-refractivity contribution in [2.75, 3.05) is 11.4 Å². The van der Waals surface area contributed by atoms with Gasteiger partial charge in [-0.1, -0.05) is 31.6 Å². The Kier molecular flexibility index (Phi) is 5.92. The van der Waals surface area contributed by atoms with Gasteiger partial charge in [-0.2, -0.15) is 0 Å². The standard InChI is InChI=1S/C13H24N2OS/c1-5-8-11-12(9-16)17-13(14-11)15(7-3)10(4)6-2/h10,16H,5-9H2,1-4H3. The third-order valence-corrected chi connectivity index (χ3v) is 4.23. The normalized spacial score (nSPS) is 12.8. The Bertz CT molecular complexity index is 338. The molecule has 0 radical (unpaired) electrons. The van der Waals surface area contributed by atoms with Crippen molar-refractivity contribution in [2.24, 2.45) is 0 Å². The molecule has 0 aliphatic rings. The highest BCUT2D eigenvalue weighted by Crippen LogP contribution is 2.29. The third kappa shape index (κ3) is 3.42. The summed E-state index contributed by atoms with van der Waals surface area (Å²) in [4.78, 5) is 8.05. The molecule has 0 aromatic carbocycles. The van der Waals surface area contributed by atoms with Gasteiger partial charge in [-0.3, -0.25) is 0 Å². The number of rotatable bonds is 7. The van der Waals surface area contributed by atoms with E-state index in [0.717, 1.165) is 41.5 Å².